The molecule has 0 saturated carbocycles. The van der Waals surface area contributed by atoms with Gasteiger partial charge in [-0.25, -0.2) is 9.97 Å². The molecule has 7 nitrogen and oxygen atoms in total. The summed E-state index contributed by atoms with van der Waals surface area (Å²) < 4.78 is 5.49. The molecule has 1 aliphatic rings. The van der Waals surface area contributed by atoms with Gasteiger partial charge in [0.1, 0.15) is 5.75 Å². The van der Waals surface area contributed by atoms with Crippen LogP contribution < -0.4 is 15.0 Å². The second kappa shape index (κ2) is 9.04. The lowest BCUT2D eigenvalue weighted by atomic mass is 10.1. The lowest BCUT2D eigenvalue weighted by molar-refractivity contribution is 0.0747. The van der Waals surface area contributed by atoms with Gasteiger partial charge in [-0.15, -0.1) is 0 Å². The van der Waals surface area contributed by atoms with Crippen LogP contribution >= 0.6 is 0 Å². The van der Waals surface area contributed by atoms with Crippen LogP contribution in [0.4, 0.5) is 17.3 Å². The highest BCUT2D eigenvalue weighted by molar-refractivity contribution is 6.00. The average molecular weight is 418 g/mol. The van der Waals surface area contributed by atoms with Crippen LogP contribution in [0.3, 0.4) is 0 Å². The van der Waals surface area contributed by atoms with Crippen LogP contribution in [0.15, 0.2) is 54.6 Å². The smallest absolute Gasteiger partial charge is 0.256 e. The van der Waals surface area contributed by atoms with Gasteiger partial charge in [-0.1, -0.05) is 24.3 Å². The first kappa shape index (κ1) is 20.7. The molecule has 1 amide bonds. The van der Waals surface area contributed by atoms with Crippen molar-refractivity contribution in [1.29, 1.82) is 0 Å². The van der Waals surface area contributed by atoms with Gasteiger partial charge in [0.15, 0.2) is 0 Å². The van der Waals surface area contributed by atoms with E-state index in [1.54, 1.807) is 7.11 Å². The van der Waals surface area contributed by atoms with Crippen molar-refractivity contribution >= 4 is 23.2 Å². The van der Waals surface area contributed by atoms with E-state index in [0.29, 0.717) is 30.3 Å². The predicted octanol–water partition coefficient (Wildman–Crippen LogP) is 3.81. The Hall–Kier alpha value is -3.61. The van der Waals surface area contributed by atoms with Crippen molar-refractivity contribution < 1.29 is 9.53 Å². The molecular weight excluding hydrogens is 390 g/mol. The summed E-state index contributed by atoms with van der Waals surface area (Å²) in [6, 6.07) is 17.4. The van der Waals surface area contributed by atoms with Crippen LogP contribution in [0.2, 0.25) is 0 Å². The summed E-state index contributed by atoms with van der Waals surface area (Å²) in [7, 11) is 1.68. The Balaban J connectivity index is 1.48. The SMILES string of the molecule is COc1ccccc1N1CCN(C(=O)c2ccccc2Nc2nc(C)cc(C)n2)CC1. The van der Waals surface area contributed by atoms with Gasteiger partial charge in [-0.05, 0) is 44.2 Å². The first-order chi connectivity index (χ1) is 15.0. The summed E-state index contributed by atoms with van der Waals surface area (Å²) in [5.74, 6) is 1.36. The maximum Gasteiger partial charge on any atom is 0.256 e. The second-order valence-electron chi connectivity index (χ2n) is 7.60. The Morgan fingerprint density at radius 1 is 0.935 bits per heavy atom. The van der Waals surface area contributed by atoms with Crippen LogP contribution in [-0.2, 0) is 0 Å². The normalized spacial score (nSPS) is 13.8. The number of amides is 1. The molecule has 2 heterocycles. The zero-order valence-electron chi connectivity index (χ0n) is 18.1. The number of aryl methyl sites for hydroxylation is 2. The lowest BCUT2D eigenvalue weighted by Gasteiger charge is -2.36. The van der Waals surface area contributed by atoms with E-state index >= 15 is 0 Å². The second-order valence-corrected chi connectivity index (χ2v) is 7.60. The third kappa shape index (κ3) is 4.60. The van der Waals surface area contributed by atoms with Crippen molar-refractivity contribution in [3.05, 3.63) is 71.5 Å². The third-order valence-corrected chi connectivity index (χ3v) is 5.38. The molecule has 1 aromatic heterocycles. The molecule has 4 rings (SSSR count). The first-order valence-electron chi connectivity index (χ1n) is 10.4. The Labute approximate surface area is 182 Å². The Kier molecular flexibility index (Phi) is 6.02. The van der Waals surface area contributed by atoms with Crippen molar-refractivity contribution in [2.75, 3.05) is 43.5 Å². The topological polar surface area (TPSA) is 70.6 Å². The fourth-order valence-electron chi connectivity index (χ4n) is 3.89. The van der Waals surface area contributed by atoms with E-state index in [2.05, 4.69) is 26.3 Å². The van der Waals surface area contributed by atoms with Crippen molar-refractivity contribution in [2.24, 2.45) is 0 Å². The summed E-state index contributed by atoms with van der Waals surface area (Å²) in [6.45, 7) is 6.65. The van der Waals surface area contributed by atoms with E-state index in [9.17, 15) is 4.79 Å². The molecule has 0 radical (unpaired) electrons. The molecule has 0 aliphatic carbocycles. The molecule has 1 saturated heterocycles. The summed E-state index contributed by atoms with van der Waals surface area (Å²) in [5, 5.41) is 3.23. The zero-order chi connectivity index (χ0) is 21.8. The fourth-order valence-corrected chi connectivity index (χ4v) is 3.89. The molecular formula is C24H27N5O2. The molecule has 7 heteroatoms. The van der Waals surface area contributed by atoms with Gasteiger partial charge in [-0.2, -0.15) is 0 Å². The van der Waals surface area contributed by atoms with Crippen molar-refractivity contribution in [2.45, 2.75) is 13.8 Å². The number of anilines is 3. The van der Waals surface area contributed by atoms with E-state index in [1.165, 1.54) is 0 Å². The van der Waals surface area contributed by atoms with E-state index in [-0.39, 0.29) is 5.91 Å². The quantitative estimate of drug-likeness (QED) is 0.681. The summed E-state index contributed by atoms with van der Waals surface area (Å²) in [4.78, 5) is 26.3. The maximum absolute atomic E-state index is 13.3. The van der Waals surface area contributed by atoms with Crippen molar-refractivity contribution in [3.63, 3.8) is 0 Å². The molecule has 0 spiro atoms. The number of carbonyl (C=O) groups excluding carboxylic acids is 1. The molecule has 2 aromatic carbocycles. The molecule has 3 aromatic rings. The Morgan fingerprint density at radius 3 is 2.29 bits per heavy atom. The third-order valence-electron chi connectivity index (χ3n) is 5.38. The largest absolute Gasteiger partial charge is 0.495 e. The highest BCUT2D eigenvalue weighted by atomic mass is 16.5. The van der Waals surface area contributed by atoms with Crippen LogP contribution in [0, 0.1) is 13.8 Å². The van der Waals surface area contributed by atoms with Crippen LogP contribution in [0.25, 0.3) is 0 Å². The summed E-state index contributed by atoms with van der Waals surface area (Å²) >= 11 is 0. The van der Waals surface area contributed by atoms with Crippen LogP contribution in [0.5, 0.6) is 5.75 Å². The number of benzene rings is 2. The molecule has 1 aliphatic heterocycles. The first-order valence-corrected chi connectivity index (χ1v) is 10.4. The lowest BCUT2D eigenvalue weighted by Crippen LogP contribution is -2.49. The van der Waals surface area contributed by atoms with Gasteiger partial charge in [0.2, 0.25) is 5.95 Å². The number of ether oxygens (including phenoxy) is 1. The monoisotopic (exact) mass is 417 g/mol. The fraction of sp³-hybridized carbons (Fsp3) is 0.292. The number of hydrogen-bond donors (Lipinski definition) is 1. The van der Waals surface area contributed by atoms with Crippen molar-refractivity contribution in [1.82, 2.24) is 14.9 Å². The molecule has 1 fully saturated rings. The van der Waals surface area contributed by atoms with E-state index < -0.39 is 0 Å². The minimum Gasteiger partial charge on any atom is -0.495 e. The summed E-state index contributed by atoms with van der Waals surface area (Å²) in [5.41, 5.74) is 4.16. The number of methoxy groups -OCH3 is 1. The van der Waals surface area contributed by atoms with Gasteiger partial charge >= 0.3 is 0 Å². The Bertz CT molecular complexity index is 1060. The van der Waals surface area contributed by atoms with Gasteiger partial charge in [0.25, 0.3) is 5.91 Å². The number of para-hydroxylation sites is 3. The zero-order valence-corrected chi connectivity index (χ0v) is 18.1. The maximum atomic E-state index is 13.3. The number of piperazine rings is 1. The number of rotatable bonds is 5. The van der Waals surface area contributed by atoms with Gasteiger partial charge in [0, 0.05) is 37.6 Å². The predicted molar refractivity (Wildman–Crippen MR) is 122 cm³/mol. The van der Waals surface area contributed by atoms with Gasteiger partial charge in [0.05, 0.1) is 24.0 Å². The Morgan fingerprint density at radius 2 is 1.58 bits per heavy atom. The number of nitrogens with one attached hydrogen (secondary N) is 1. The summed E-state index contributed by atoms with van der Waals surface area (Å²) in [6.07, 6.45) is 0. The van der Waals surface area contributed by atoms with E-state index in [0.717, 1.165) is 35.9 Å². The van der Waals surface area contributed by atoms with Gasteiger partial charge in [-0.3, -0.25) is 4.79 Å². The minimum absolute atomic E-state index is 0.00662. The standard InChI is InChI=1S/C24H27N5O2/c1-17-16-18(2)26-24(25-17)27-20-9-5-4-8-19(20)23(30)29-14-12-28(13-15-29)21-10-6-7-11-22(21)31-3/h4-11,16H,12-15H2,1-3H3,(H,25,26,27). The highest BCUT2D eigenvalue weighted by Gasteiger charge is 2.25. The molecule has 31 heavy (non-hydrogen) atoms. The van der Waals surface area contributed by atoms with Gasteiger partial charge < -0.3 is 19.9 Å². The number of carbonyl (C=O) groups is 1. The molecule has 160 valence electrons. The van der Waals surface area contributed by atoms with Crippen LogP contribution in [-0.4, -0.2) is 54.1 Å². The molecule has 0 unspecified atom stereocenters. The van der Waals surface area contributed by atoms with E-state index in [4.69, 9.17) is 4.74 Å². The number of aromatic nitrogens is 2. The number of hydrogen-bond acceptors (Lipinski definition) is 6. The van der Waals surface area contributed by atoms with Crippen molar-refractivity contribution in [3.8, 4) is 5.75 Å². The number of nitrogens with zero attached hydrogens (tertiary/aromatic N) is 4. The highest BCUT2D eigenvalue weighted by Crippen LogP contribution is 2.29. The average Bonchev–Trinajstić information content (AvgIpc) is 2.78. The molecule has 0 bridgehead atoms. The molecule has 1 N–H and O–H groups in total. The van der Waals surface area contributed by atoms with Crippen LogP contribution in [0.1, 0.15) is 21.7 Å². The minimum atomic E-state index is 0.00662. The van der Waals surface area contributed by atoms with E-state index in [1.807, 2.05) is 67.3 Å². The molecule has 0 atom stereocenters.